The number of fused-ring (bicyclic) bond motifs is 1. The van der Waals surface area contributed by atoms with Gasteiger partial charge in [-0.2, -0.15) is 0 Å². The molecule has 0 spiro atoms. The molecule has 0 atom stereocenters. The van der Waals surface area contributed by atoms with Crippen LogP contribution in [0.15, 0.2) is 64.1 Å². The number of nitrogens with zero attached hydrogens (tertiary/aromatic N) is 4. The first-order chi connectivity index (χ1) is 14.1. The molecule has 0 aliphatic heterocycles. The average Bonchev–Trinajstić information content (AvgIpc) is 3.38. The topological polar surface area (TPSA) is 81.3 Å². The fourth-order valence-electron chi connectivity index (χ4n) is 2.69. The number of thiophene rings is 1. The van der Waals surface area contributed by atoms with E-state index >= 15 is 0 Å². The van der Waals surface area contributed by atoms with Crippen LogP contribution in [-0.4, -0.2) is 30.8 Å². The summed E-state index contributed by atoms with van der Waals surface area (Å²) >= 11 is 2.80. The number of hydrogen-bond donors (Lipinski definition) is 1. The molecule has 0 saturated heterocycles. The van der Waals surface area contributed by atoms with Gasteiger partial charge in [0.1, 0.15) is 5.82 Å². The van der Waals surface area contributed by atoms with Gasteiger partial charge in [0.15, 0.2) is 5.16 Å². The SMILES string of the molecule is O=C(CSc1nnc2c(=O)n(Cc3ccc(F)cc3)ccn12)NCc1cccs1. The van der Waals surface area contributed by atoms with Gasteiger partial charge in [-0.1, -0.05) is 30.0 Å². The number of carbonyl (C=O) groups excluding carboxylic acids is 1. The predicted molar refractivity (Wildman–Crippen MR) is 110 cm³/mol. The van der Waals surface area contributed by atoms with E-state index in [1.54, 1.807) is 40.3 Å². The lowest BCUT2D eigenvalue weighted by molar-refractivity contribution is -0.118. The molecule has 4 rings (SSSR count). The molecule has 1 aromatic carbocycles. The Labute approximate surface area is 173 Å². The molecular weight excluding hydrogens is 413 g/mol. The quantitative estimate of drug-likeness (QED) is 0.457. The number of hydrogen-bond acceptors (Lipinski definition) is 6. The number of amides is 1. The highest BCUT2D eigenvalue weighted by Crippen LogP contribution is 2.15. The van der Waals surface area contributed by atoms with E-state index in [-0.39, 0.29) is 28.7 Å². The normalized spacial score (nSPS) is 11.1. The molecule has 4 aromatic rings. The highest BCUT2D eigenvalue weighted by molar-refractivity contribution is 7.99. The van der Waals surface area contributed by atoms with Gasteiger partial charge in [-0.05, 0) is 29.1 Å². The minimum Gasteiger partial charge on any atom is -0.350 e. The Kier molecular flexibility index (Phi) is 5.72. The van der Waals surface area contributed by atoms with E-state index in [4.69, 9.17) is 0 Å². The van der Waals surface area contributed by atoms with Crippen LogP contribution in [0.3, 0.4) is 0 Å². The monoisotopic (exact) mass is 429 g/mol. The maximum Gasteiger partial charge on any atom is 0.296 e. The summed E-state index contributed by atoms with van der Waals surface area (Å²) in [5.41, 5.74) is 0.670. The summed E-state index contributed by atoms with van der Waals surface area (Å²) in [6.45, 7) is 0.793. The molecule has 0 bridgehead atoms. The van der Waals surface area contributed by atoms with E-state index in [9.17, 15) is 14.0 Å². The summed E-state index contributed by atoms with van der Waals surface area (Å²) in [6, 6.07) is 9.87. The van der Waals surface area contributed by atoms with Gasteiger partial charge in [-0.15, -0.1) is 21.5 Å². The van der Waals surface area contributed by atoms with Crippen LogP contribution < -0.4 is 10.9 Å². The Hall–Kier alpha value is -2.98. The first kappa shape index (κ1) is 19.3. The minimum atomic E-state index is -0.324. The van der Waals surface area contributed by atoms with Crippen molar-refractivity contribution in [1.82, 2.24) is 24.5 Å². The lowest BCUT2D eigenvalue weighted by atomic mass is 10.2. The van der Waals surface area contributed by atoms with Crippen LogP contribution in [0, 0.1) is 5.82 Å². The molecule has 1 N–H and O–H groups in total. The molecule has 0 unspecified atom stereocenters. The van der Waals surface area contributed by atoms with Crippen molar-refractivity contribution in [3.63, 3.8) is 0 Å². The largest absolute Gasteiger partial charge is 0.350 e. The maximum absolute atomic E-state index is 13.0. The third-order valence-electron chi connectivity index (χ3n) is 4.15. The lowest BCUT2D eigenvalue weighted by Gasteiger charge is -2.07. The Morgan fingerprint density at radius 3 is 2.76 bits per heavy atom. The number of nitrogens with one attached hydrogen (secondary N) is 1. The van der Waals surface area contributed by atoms with E-state index in [0.717, 1.165) is 10.4 Å². The van der Waals surface area contributed by atoms with Crippen LogP contribution >= 0.6 is 23.1 Å². The van der Waals surface area contributed by atoms with E-state index in [0.29, 0.717) is 18.2 Å². The predicted octanol–water partition coefficient (Wildman–Crippen LogP) is 2.55. The van der Waals surface area contributed by atoms with Gasteiger partial charge in [0, 0.05) is 17.3 Å². The maximum atomic E-state index is 13.0. The van der Waals surface area contributed by atoms with Crippen molar-refractivity contribution in [2.75, 3.05) is 5.75 Å². The fourth-order valence-corrected chi connectivity index (χ4v) is 4.08. The molecule has 148 valence electrons. The van der Waals surface area contributed by atoms with Crippen molar-refractivity contribution >= 4 is 34.7 Å². The number of halogens is 1. The molecule has 29 heavy (non-hydrogen) atoms. The molecule has 3 aromatic heterocycles. The summed E-state index contributed by atoms with van der Waals surface area (Å²) in [6.07, 6.45) is 3.31. The summed E-state index contributed by atoms with van der Waals surface area (Å²) < 4.78 is 16.1. The third kappa shape index (κ3) is 4.54. The van der Waals surface area contributed by atoms with Crippen molar-refractivity contribution in [1.29, 1.82) is 0 Å². The Balaban J connectivity index is 1.43. The molecule has 3 heterocycles. The Bertz CT molecular complexity index is 1190. The van der Waals surface area contributed by atoms with Crippen LogP contribution in [0.5, 0.6) is 0 Å². The van der Waals surface area contributed by atoms with E-state index in [1.165, 1.54) is 28.5 Å². The minimum absolute atomic E-state index is 0.121. The molecule has 0 radical (unpaired) electrons. The summed E-state index contributed by atoms with van der Waals surface area (Å²) in [4.78, 5) is 25.8. The van der Waals surface area contributed by atoms with Gasteiger partial charge in [-0.3, -0.25) is 14.0 Å². The zero-order valence-corrected chi connectivity index (χ0v) is 16.8. The summed E-state index contributed by atoms with van der Waals surface area (Å²) in [7, 11) is 0. The highest BCUT2D eigenvalue weighted by Gasteiger charge is 2.13. The molecule has 0 fully saturated rings. The molecular formula is C19H16FN5O2S2. The fraction of sp³-hybridized carbons (Fsp3) is 0.158. The average molecular weight is 430 g/mol. The molecule has 7 nitrogen and oxygen atoms in total. The first-order valence-corrected chi connectivity index (χ1v) is 10.6. The number of benzene rings is 1. The van der Waals surface area contributed by atoms with Crippen LogP contribution in [0.1, 0.15) is 10.4 Å². The molecule has 1 amide bonds. The van der Waals surface area contributed by atoms with E-state index < -0.39 is 0 Å². The van der Waals surface area contributed by atoms with Crippen molar-refractivity contribution in [3.05, 3.63) is 80.8 Å². The lowest BCUT2D eigenvalue weighted by Crippen LogP contribution is -2.24. The van der Waals surface area contributed by atoms with Crippen molar-refractivity contribution in [2.45, 2.75) is 18.2 Å². The van der Waals surface area contributed by atoms with Crippen LogP contribution in [0.4, 0.5) is 4.39 Å². The van der Waals surface area contributed by atoms with Gasteiger partial charge in [0.2, 0.25) is 11.6 Å². The number of carbonyl (C=O) groups is 1. The standard InChI is InChI=1S/C19H16FN5O2S2/c20-14-5-3-13(4-6-14)11-24-7-8-25-17(18(24)27)22-23-19(25)29-12-16(26)21-10-15-2-1-9-28-15/h1-9H,10-12H2,(H,21,26). The van der Waals surface area contributed by atoms with Crippen LogP contribution in [0.25, 0.3) is 5.65 Å². The Morgan fingerprint density at radius 2 is 2.00 bits per heavy atom. The second kappa shape index (κ2) is 8.58. The van der Waals surface area contributed by atoms with Gasteiger partial charge < -0.3 is 9.88 Å². The van der Waals surface area contributed by atoms with Gasteiger partial charge in [-0.25, -0.2) is 4.39 Å². The van der Waals surface area contributed by atoms with E-state index in [2.05, 4.69) is 15.5 Å². The van der Waals surface area contributed by atoms with Crippen LogP contribution in [0.2, 0.25) is 0 Å². The number of thioether (sulfide) groups is 1. The summed E-state index contributed by atoms with van der Waals surface area (Å²) in [5.74, 6) is -0.273. The van der Waals surface area contributed by atoms with E-state index in [1.807, 2.05) is 17.5 Å². The van der Waals surface area contributed by atoms with Crippen molar-refractivity contribution in [2.24, 2.45) is 0 Å². The van der Waals surface area contributed by atoms with Gasteiger partial charge in [0.05, 0.1) is 18.8 Å². The number of aromatic nitrogens is 4. The second-order valence-electron chi connectivity index (χ2n) is 6.18. The first-order valence-electron chi connectivity index (χ1n) is 8.70. The Morgan fingerprint density at radius 1 is 1.17 bits per heavy atom. The second-order valence-corrected chi connectivity index (χ2v) is 8.15. The van der Waals surface area contributed by atoms with Crippen molar-refractivity contribution in [3.8, 4) is 0 Å². The number of rotatable bonds is 7. The zero-order valence-electron chi connectivity index (χ0n) is 15.1. The van der Waals surface area contributed by atoms with Gasteiger partial charge in [0.25, 0.3) is 5.56 Å². The van der Waals surface area contributed by atoms with Gasteiger partial charge >= 0.3 is 0 Å². The van der Waals surface area contributed by atoms with Crippen LogP contribution in [-0.2, 0) is 17.9 Å². The summed E-state index contributed by atoms with van der Waals surface area (Å²) in [5, 5.41) is 13.3. The highest BCUT2D eigenvalue weighted by atomic mass is 32.2. The smallest absolute Gasteiger partial charge is 0.296 e. The zero-order chi connectivity index (χ0) is 20.2. The molecule has 0 aliphatic carbocycles. The molecule has 10 heteroatoms. The van der Waals surface area contributed by atoms with Crippen molar-refractivity contribution < 1.29 is 9.18 Å². The third-order valence-corrected chi connectivity index (χ3v) is 5.97. The molecule has 0 saturated carbocycles. The molecule has 0 aliphatic rings.